The number of hydrogen-bond donors (Lipinski definition) is 1. The Morgan fingerprint density at radius 2 is 1.56 bits per heavy atom. The summed E-state index contributed by atoms with van der Waals surface area (Å²) in [6.07, 6.45) is 2.10. The van der Waals surface area contributed by atoms with Gasteiger partial charge in [-0.3, -0.25) is 13.9 Å². The van der Waals surface area contributed by atoms with Gasteiger partial charge in [-0.15, -0.1) is 11.8 Å². The van der Waals surface area contributed by atoms with Crippen molar-refractivity contribution in [1.29, 1.82) is 0 Å². The highest BCUT2D eigenvalue weighted by Gasteiger charge is 2.35. The number of rotatable bonds is 14. The van der Waals surface area contributed by atoms with E-state index in [1.54, 1.807) is 67.6 Å². The summed E-state index contributed by atoms with van der Waals surface area (Å²) in [5.41, 5.74) is 1.66. The Morgan fingerprint density at radius 1 is 0.911 bits per heavy atom. The summed E-state index contributed by atoms with van der Waals surface area (Å²) in [6, 6.07) is 28.6. The molecule has 0 saturated carbocycles. The van der Waals surface area contributed by atoms with Crippen molar-refractivity contribution in [2.45, 2.75) is 35.7 Å². The van der Waals surface area contributed by atoms with E-state index in [2.05, 4.69) is 5.32 Å². The van der Waals surface area contributed by atoms with Gasteiger partial charge in [-0.2, -0.15) is 0 Å². The Labute approximate surface area is 274 Å². The van der Waals surface area contributed by atoms with Gasteiger partial charge in [0, 0.05) is 29.9 Å². The smallest absolute Gasteiger partial charge is 0.264 e. The molecule has 0 aliphatic carbocycles. The van der Waals surface area contributed by atoms with Crippen LogP contribution in [-0.2, 0) is 32.6 Å². The van der Waals surface area contributed by atoms with E-state index in [9.17, 15) is 18.0 Å². The van der Waals surface area contributed by atoms with E-state index in [-0.39, 0.29) is 30.2 Å². The van der Waals surface area contributed by atoms with Crippen LogP contribution in [0.25, 0.3) is 0 Å². The summed E-state index contributed by atoms with van der Waals surface area (Å²) in [4.78, 5) is 30.2. The van der Waals surface area contributed by atoms with E-state index in [1.807, 2.05) is 36.6 Å². The first-order valence-corrected chi connectivity index (χ1v) is 17.4. The van der Waals surface area contributed by atoms with E-state index < -0.39 is 34.4 Å². The number of carbonyl (C=O) groups excluding carboxylic acids is 2. The van der Waals surface area contributed by atoms with Gasteiger partial charge in [-0.05, 0) is 66.8 Å². The van der Waals surface area contributed by atoms with Gasteiger partial charge in [0.25, 0.3) is 10.0 Å². The van der Waals surface area contributed by atoms with E-state index in [1.165, 1.54) is 35.8 Å². The Hall–Kier alpha value is -3.99. The SMILES string of the molecule is CCOc1ccccc1N(CC(=O)N(Cc1ccccc1Cl)[C@@H](Cc1ccccc1)C(=O)NC)S(=O)(=O)c1ccc(SC)cc1. The Kier molecular flexibility index (Phi) is 11.9. The van der Waals surface area contributed by atoms with Gasteiger partial charge in [0.05, 0.1) is 17.2 Å². The van der Waals surface area contributed by atoms with E-state index >= 15 is 0 Å². The molecule has 45 heavy (non-hydrogen) atoms. The zero-order valence-electron chi connectivity index (χ0n) is 25.4. The summed E-state index contributed by atoms with van der Waals surface area (Å²) >= 11 is 8.01. The highest BCUT2D eigenvalue weighted by atomic mass is 35.5. The van der Waals surface area contributed by atoms with Crippen molar-refractivity contribution in [3.05, 3.63) is 119 Å². The van der Waals surface area contributed by atoms with Gasteiger partial charge in [0.2, 0.25) is 11.8 Å². The van der Waals surface area contributed by atoms with Gasteiger partial charge in [0.15, 0.2) is 0 Å². The monoisotopic (exact) mass is 665 g/mol. The number of halogens is 1. The molecule has 0 bridgehead atoms. The highest BCUT2D eigenvalue weighted by molar-refractivity contribution is 7.98. The van der Waals surface area contributed by atoms with Crippen LogP contribution >= 0.6 is 23.4 Å². The first-order chi connectivity index (χ1) is 21.7. The Morgan fingerprint density at radius 3 is 2.20 bits per heavy atom. The summed E-state index contributed by atoms with van der Waals surface area (Å²) < 4.78 is 35.5. The van der Waals surface area contributed by atoms with Gasteiger partial charge < -0.3 is 15.0 Å². The summed E-state index contributed by atoms with van der Waals surface area (Å²) in [6.45, 7) is 1.47. The van der Waals surface area contributed by atoms with Crippen molar-refractivity contribution >= 4 is 50.9 Å². The molecule has 4 aromatic rings. The number of carbonyl (C=O) groups is 2. The lowest BCUT2D eigenvalue weighted by Gasteiger charge is -2.34. The minimum absolute atomic E-state index is 0.0178. The number of para-hydroxylation sites is 2. The molecule has 4 aromatic carbocycles. The highest BCUT2D eigenvalue weighted by Crippen LogP contribution is 2.33. The number of nitrogens with zero attached hydrogens (tertiary/aromatic N) is 2. The van der Waals surface area contributed by atoms with Crippen LogP contribution in [0.4, 0.5) is 5.69 Å². The molecule has 0 aromatic heterocycles. The van der Waals surface area contributed by atoms with Crippen molar-refractivity contribution in [1.82, 2.24) is 10.2 Å². The van der Waals surface area contributed by atoms with Gasteiger partial charge in [-0.25, -0.2) is 8.42 Å². The topological polar surface area (TPSA) is 96.0 Å². The Bertz CT molecular complexity index is 1700. The van der Waals surface area contributed by atoms with E-state index in [0.717, 1.165) is 14.8 Å². The fourth-order valence-corrected chi connectivity index (χ4v) is 6.89. The van der Waals surface area contributed by atoms with Crippen LogP contribution in [0.2, 0.25) is 5.02 Å². The number of anilines is 1. The molecule has 0 aliphatic heterocycles. The molecule has 0 unspecified atom stereocenters. The Balaban J connectivity index is 1.83. The number of nitrogens with one attached hydrogen (secondary N) is 1. The molecular formula is C34H36ClN3O5S2. The first-order valence-electron chi connectivity index (χ1n) is 14.4. The van der Waals surface area contributed by atoms with Crippen LogP contribution in [-0.4, -0.2) is 57.6 Å². The number of sulfonamides is 1. The minimum Gasteiger partial charge on any atom is -0.492 e. The van der Waals surface area contributed by atoms with Crippen LogP contribution < -0.4 is 14.4 Å². The predicted molar refractivity (Wildman–Crippen MR) is 180 cm³/mol. The average molecular weight is 666 g/mol. The van der Waals surface area contributed by atoms with Crippen molar-refractivity contribution in [3.8, 4) is 5.75 Å². The number of amides is 2. The van der Waals surface area contributed by atoms with Gasteiger partial charge in [0.1, 0.15) is 18.3 Å². The molecule has 1 N–H and O–H groups in total. The largest absolute Gasteiger partial charge is 0.492 e. The standard InChI is InChI=1S/C34H36ClN3O5S2/c1-4-43-32-17-11-10-16-30(32)38(45(41,42)28-20-18-27(44-3)19-21-28)24-33(39)37(23-26-14-8-9-15-29(26)35)31(34(40)36-2)22-25-12-6-5-7-13-25/h5-21,31H,4,22-24H2,1-3H3,(H,36,40)/t31-/m0/s1. The quantitative estimate of drug-likeness (QED) is 0.165. The van der Waals surface area contributed by atoms with Crippen LogP contribution in [0.3, 0.4) is 0 Å². The van der Waals surface area contributed by atoms with Crippen molar-refractivity contribution in [2.75, 3.05) is 30.8 Å². The van der Waals surface area contributed by atoms with Crippen LogP contribution in [0.1, 0.15) is 18.1 Å². The third-order valence-electron chi connectivity index (χ3n) is 7.18. The molecule has 4 rings (SSSR count). The number of benzene rings is 4. The van der Waals surface area contributed by atoms with E-state index in [0.29, 0.717) is 16.3 Å². The normalized spacial score (nSPS) is 11.8. The van der Waals surface area contributed by atoms with Gasteiger partial charge in [-0.1, -0.05) is 72.3 Å². The van der Waals surface area contributed by atoms with Crippen molar-refractivity contribution < 1.29 is 22.7 Å². The summed E-state index contributed by atoms with van der Waals surface area (Å²) in [5, 5.41) is 3.10. The molecule has 0 heterocycles. The summed E-state index contributed by atoms with van der Waals surface area (Å²) in [5.74, 6) is -0.673. The van der Waals surface area contributed by atoms with Crippen LogP contribution in [0.5, 0.6) is 5.75 Å². The number of thioether (sulfide) groups is 1. The molecule has 8 nitrogen and oxygen atoms in total. The third kappa shape index (κ3) is 8.39. The first kappa shape index (κ1) is 33.9. The van der Waals surface area contributed by atoms with Crippen LogP contribution in [0.15, 0.2) is 113 Å². The average Bonchev–Trinajstić information content (AvgIpc) is 3.06. The predicted octanol–water partition coefficient (Wildman–Crippen LogP) is 6.04. The fraction of sp³-hybridized carbons (Fsp3) is 0.235. The number of ether oxygens (including phenoxy) is 1. The molecule has 236 valence electrons. The van der Waals surface area contributed by atoms with Crippen molar-refractivity contribution in [2.24, 2.45) is 0 Å². The molecular weight excluding hydrogens is 630 g/mol. The maximum atomic E-state index is 14.5. The summed E-state index contributed by atoms with van der Waals surface area (Å²) in [7, 11) is -2.76. The van der Waals surface area contributed by atoms with E-state index in [4.69, 9.17) is 16.3 Å². The lowest BCUT2D eigenvalue weighted by molar-refractivity contribution is -0.139. The number of hydrogen-bond acceptors (Lipinski definition) is 6. The molecule has 0 radical (unpaired) electrons. The molecule has 0 spiro atoms. The fourth-order valence-electron chi connectivity index (χ4n) is 4.86. The van der Waals surface area contributed by atoms with Gasteiger partial charge >= 0.3 is 0 Å². The molecule has 0 aliphatic rings. The molecule has 11 heteroatoms. The molecule has 0 saturated heterocycles. The molecule has 0 fully saturated rings. The minimum atomic E-state index is -4.27. The second kappa shape index (κ2) is 15.8. The maximum Gasteiger partial charge on any atom is 0.264 e. The lowest BCUT2D eigenvalue weighted by Crippen LogP contribution is -2.53. The lowest BCUT2D eigenvalue weighted by atomic mass is 10.0. The maximum absolute atomic E-state index is 14.5. The second-order valence-electron chi connectivity index (χ2n) is 10.0. The third-order valence-corrected chi connectivity index (χ3v) is 10.1. The van der Waals surface area contributed by atoms with Crippen LogP contribution in [0, 0.1) is 0 Å². The molecule has 2 amide bonds. The zero-order valence-corrected chi connectivity index (χ0v) is 27.7. The number of likely N-dealkylation sites (N-methyl/N-ethyl adjacent to an activating group) is 1. The molecule has 1 atom stereocenters. The van der Waals surface area contributed by atoms with Crippen molar-refractivity contribution in [3.63, 3.8) is 0 Å². The zero-order chi connectivity index (χ0) is 32.4. The second-order valence-corrected chi connectivity index (χ2v) is 13.2.